The molecule has 0 radical (unpaired) electrons. The third-order valence-electron chi connectivity index (χ3n) is 2.67. The lowest BCUT2D eigenvalue weighted by Crippen LogP contribution is -2.53. The number of aliphatic carboxylic acids is 1. The van der Waals surface area contributed by atoms with E-state index in [4.69, 9.17) is 9.84 Å². The molecule has 16 heavy (non-hydrogen) atoms. The molecule has 1 fully saturated rings. The van der Waals surface area contributed by atoms with Crippen molar-refractivity contribution in [3.05, 3.63) is 0 Å². The van der Waals surface area contributed by atoms with Crippen molar-refractivity contribution in [3.63, 3.8) is 0 Å². The molecule has 0 saturated carbocycles. The molecule has 1 saturated heterocycles. The molecule has 6 heteroatoms. The fraction of sp³-hybridized carbons (Fsp3) is 0.800. The molecule has 92 valence electrons. The first-order valence-corrected chi connectivity index (χ1v) is 5.24. The molecule has 1 heterocycles. The molecule has 0 aromatic carbocycles. The van der Waals surface area contributed by atoms with Crippen LogP contribution in [-0.4, -0.2) is 42.4 Å². The minimum absolute atomic E-state index is 0.0124. The van der Waals surface area contributed by atoms with Crippen LogP contribution in [0.25, 0.3) is 0 Å². The van der Waals surface area contributed by atoms with E-state index in [-0.39, 0.29) is 25.3 Å². The van der Waals surface area contributed by atoms with Crippen molar-refractivity contribution < 1.29 is 19.4 Å². The van der Waals surface area contributed by atoms with Crippen molar-refractivity contribution in [2.24, 2.45) is 5.41 Å². The van der Waals surface area contributed by atoms with Gasteiger partial charge in [0, 0.05) is 6.04 Å². The van der Waals surface area contributed by atoms with E-state index in [2.05, 4.69) is 10.6 Å². The van der Waals surface area contributed by atoms with Gasteiger partial charge in [0.25, 0.3) is 0 Å². The Hall–Kier alpha value is -1.30. The van der Waals surface area contributed by atoms with Gasteiger partial charge in [-0.2, -0.15) is 0 Å². The van der Waals surface area contributed by atoms with Crippen molar-refractivity contribution in [1.29, 1.82) is 0 Å². The first-order valence-electron chi connectivity index (χ1n) is 5.24. The second-order valence-corrected chi connectivity index (χ2v) is 4.56. The van der Waals surface area contributed by atoms with Gasteiger partial charge in [0.05, 0.1) is 19.3 Å². The van der Waals surface area contributed by atoms with Crippen LogP contribution in [0.4, 0.5) is 4.79 Å². The highest BCUT2D eigenvalue weighted by Crippen LogP contribution is 2.28. The number of nitrogens with one attached hydrogen (secondary N) is 2. The number of ether oxygens (including phenoxy) is 1. The summed E-state index contributed by atoms with van der Waals surface area (Å²) >= 11 is 0. The number of carboxylic acid groups (broad SMARTS) is 1. The summed E-state index contributed by atoms with van der Waals surface area (Å²) in [6.07, 6.45) is 0. The van der Waals surface area contributed by atoms with Gasteiger partial charge in [0.1, 0.15) is 5.41 Å². The SMILES string of the molecule is CC(C)NC(=O)NC1COCC1(C)C(=O)O. The summed E-state index contributed by atoms with van der Waals surface area (Å²) in [6.45, 7) is 5.59. The van der Waals surface area contributed by atoms with Gasteiger partial charge in [-0.1, -0.05) is 0 Å². The largest absolute Gasteiger partial charge is 0.481 e. The van der Waals surface area contributed by atoms with Crippen LogP contribution in [0.2, 0.25) is 0 Å². The minimum Gasteiger partial charge on any atom is -0.481 e. The minimum atomic E-state index is -1.05. The van der Waals surface area contributed by atoms with Gasteiger partial charge in [0.15, 0.2) is 0 Å². The molecule has 6 nitrogen and oxygen atoms in total. The van der Waals surface area contributed by atoms with Crippen LogP contribution < -0.4 is 10.6 Å². The van der Waals surface area contributed by atoms with Crippen molar-refractivity contribution >= 4 is 12.0 Å². The Morgan fingerprint density at radius 2 is 2.12 bits per heavy atom. The summed E-state index contributed by atoms with van der Waals surface area (Å²) in [5.74, 6) is -0.958. The quantitative estimate of drug-likeness (QED) is 0.645. The summed E-state index contributed by atoms with van der Waals surface area (Å²) in [7, 11) is 0. The molecule has 0 aromatic heterocycles. The summed E-state index contributed by atoms with van der Waals surface area (Å²) < 4.78 is 5.12. The summed E-state index contributed by atoms with van der Waals surface area (Å²) in [6, 6.07) is -0.847. The molecular weight excluding hydrogens is 212 g/mol. The average molecular weight is 230 g/mol. The Morgan fingerprint density at radius 1 is 1.50 bits per heavy atom. The average Bonchev–Trinajstić information content (AvgIpc) is 2.47. The second-order valence-electron chi connectivity index (χ2n) is 4.56. The number of carbonyl (C=O) groups is 2. The van der Waals surface area contributed by atoms with Crippen LogP contribution >= 0.6 is 0 Å². The number of urea groups is 1. The summed E-state index contributed by atoms with van der Waals surface area (Å²) in [5.41, 5.74) is -1.05. The fourth-order valence-corrected chi connectivity index (χ4v) is 1.55. The predicted molar refractivity (Wildman–Crippen MR) is 57.2 cm³/mol. The number of carboxylic acids is 1. The zero-order chi connectivity index (χ0) is 12.3. The smallest absolute Gasteiger partial charge is 0.315 e. The summed E-state index contributed by atoms with van der Waals surface area (Å²) in [5, 5.41) is 14.4. The molecule has 0 aromatic rings. The van der Waals surface area contributed by atoms with Crippen LogP contribution in [0.5, 0.6) is 0 Å². The Morgan fingerprint density at radius 3 is 2.62 bits per heavy atom. The number of hydrogen-bond acceptors (Lipinski definition) is 3. The van der Waals surface area contributed by atoms with Crippen LogP contribution in [0.3, 0.4) is 0 Å². The summed E-state index contributed by atoms with van der Waals surface area (Å²) in [4.78, 5) is 22.5. The molecule has 1 rings (SSSR count). The van der Waals surface area contributed by atoms with Gasteiger partial charge in [-0.05, 0) is 20.8 Å². The number of amides is 2. The molecule has 0 aliphatic carbocycles. The zero-order valence-electron chi connectivity index (χ0n) is 9.74. The van der Waals surface area contributed by atoms with E-state index >= 15 is 0 Å². The standard InChI is InChI=1S/C10H18N2O4/c1-6(2)11-9(15)12-7-4-16-5-10(7,3)8(13)14/h6-7H,4-5H2,1-3H3,(H,13,14)(H2,11,12,15). The van der Waals surface area contributed by atoms with E-state index in [1.54, 1.807) is 6.92 Å². The van der Waals surface area contributed by atoms with Gasteiger partial charge in [-0.25, -0.2) is 4.79 Å². The van der Waals surface area contributed by atoms with Gasteiger partial charge >= 0.3 is 12.0 Å². The van der Waals surface area contributed by atoms with Crippen LogP contribution in [-0.2, 0) is 9.53 Å². The van der Waals surface area contributed by atoms with E-state index in [9.17, 15) is 9.59 Å². The molecule has 1 aliphatic rings. The topological polar surface area (TPSA) is 87.7 Å². The first-order chi connectivity index (χ1) is 7.36. The Balaban J connectivity index is 2.60. The second kappa shape index (κ2) is 4.69. The molecule has 1 aliphatic heterocycles. The van der Waals surface area contributed by atoms with E-state index in [1.165, 1.54) is 0 Å². The zero-order valence-corrected chi connectivity index (χ0v) is 9.74. The van der Waals surface area contributed by atoms with Gasteiger partial charge < -0.3 is 20.5 Å². The van der Waals surface area contributed by atoms with Crippen LogP contribution in [0.15, 0.2) is 0 Å². The Bertz CT molecular complexity index is 293. The third kappa shape index (κ3) is 2.63. The highest BCUT2D eigenvalue weighted by atomic mass is 16.5. The molecule has 2 amide bonds. The lowest BCUT2D eigenvalue weighted by molar-refractivity contribution is -0.148. The number of hydrogen-bond donors (Lipinski definition) is 3. The maximum absolute atomic E-state index is 11.4. The van der Waals surface area contributed by atoms with Crippen molar-refractivity contribution in [3.8, 4) is 0 Å². The van der Waals surface area contributed by atoms with Crippen LogP contribution in [0, 0.1) is 5.41 Å². The molecular formula is C10H18N2O4. The van der Waals surface area contributed by atoms with Crippen molar-refractivity contribution in [1.82, 2.24) is 10.6 Å². The van der Waals surface area contributed by atoms with Crippen LogP contribution in [0.1, 0.15) is 20.8 Å². The third-order valence-corrected chi connectivity index (χ3v) is 2.67. The van der Waals surface area contributed by atoms with Crippen molar-refractivity contribution in [2.75, 3.05) is 13.2 Å². The van der Waals surface area contributed by atoms with E-state index < -0.39 is 17.4 Å². The van der Waals surface area contributed by atoms with Gasteiger partial charge in [-0.15, -0.1) is 0 Å². The number of carbonyl (C=O) groups excluding carboxylic acids is 1. The van der Waals surface area contributed by atoms with Gasteiger partial charge in [-0.3, -0.25) is 4.79 Å². The molecule has 0 spiro atoms. The highest BCUT2D eigenvalue weighted by molar-refractivity contribution is 5.79. The molecule has 2 unspecified atom stereocenters. The van der Waals surface area contributed by atoms with E-state index in [0.29, 0.717) is 0 Å². The molecule has 2 atom stereocenters. The Labute approximate surface area is 94.3 Å². The lowest BCUT2D eigenvalue weighted by Gasteiger charge is -2.25. The van der Waals surface area contributed by atoms with Gasteiger partial charge in [0.2, 0.25) is 0 Å². The maximum atomic E-state index is 11.4. The maximum Gasteiger partial charge on any atom is 0.315 e. The van der Waals surface area contributed by atoms with E-state index in [1.807, 2.05) is 13.8 Å². The van der Waals surface area contributed by atoms with Crippen molar-refractivity contribution in [2.45, 2.75) is 32.9 Å². The van der Waals surface area contributed by atoms with E-state index in [0.717, 1.165) is 0 Å². The number of rotatable bonds is 3. The Kier molecular flexibility index (Phi) is 3.74. The lowest BCUT2D eigenvalue weighted by atomic mass is 9.85. The molecule has 0 bridgehead atoms. The molecule has 3 N–H and O–H groups in total. The monoisotopic (exact) mass is 230 g/mol. The first kappa shape index (κ1) is 12.8. The fourth-order valence-electron chi connectivity index (χ4n) is 1.55. The highest BCUT2D eigenvalue weighted by Gasteiger charge is 2.47. The predicted octanol–water partition coefficient (Wildman–Crippen LogP) is 0.184. The normalized spacial score (nSPS) is 29.1.